The van der Waals surface area contributed by atoms with Crippen LogP contribution >= 0.6 is 34.8 Å². The average Bonchev–Trinajstić information content (AvgIpc) is 2.51. The summed E-state index contributed by atoms with van der Waals surface area (Å²) < 4.78 is -1.47. The van der Waals surface area contributed by atoms with Gasteiger partial charge in [-0.05, 0) is 25.7 Å². The van der Waals surface area contributed by atoms with E-state index in [1.54, 1.807) is 0 Å². The molecule has 1 fully saturated rings. The molecule has 0 aliphatic carbocycles. The number of carbonyl (C=O) groups is 1. The van der Waals surface area contributed by atoms with Gasteiger partial charge in [-0.1, -0.05) is 48.7 Å². The Morgan fingerprint density at radius 3 is 2.00 bits per heavy atom. The van der Waals surface area contributed by atoms with Gasteiger partial charge < -0.3 is 10.2 Å². The first-order valence-electron chi connectivity index (χ1n) is 6.54. The van der Waals surface area contributed by atoms with Gasteiger partial charge in [-0.15, -0.1) is 0 Å². The third-order valence-electron chi connectivity index (χ3n) is 3.29. The fourth-order valence-electron chi connectivity index (χ4n) is 2.20. The van der Waals surface area contributed by atoms with E-state index in [-0.39, 0.29) is 11.8 Å². The summed E-state index contributed by atoms with van der Waals surface area (Å²) in [6, 6.07) is 0. The van der Waals surface area contributed by atoms with Gasteiger partial charge in [0.25, 0.3) is 3.79 Å². The number of nitrogens with one attached hydrogen (secondary N) is 2. The van der Waals surface area contributed by atoms with Gasteiger partial charge in [0.1, 0.15) is 0 Å². The quantitative estimate of drug-likeness (QED) is 0.766. The Labute approximate surface area is 124 Å². The predicted octanol–water partition coefficient (Wildman–Crippen LogP) is 1.91. The van der Waals surface area contributed by atoms with E-state index >= 15 is 0 Å². The number of quaternary nitrogens is 1. The maximum Gasteiger partial charge on any atom is 0.262 e. The van der Waals surface area contributed by atoms with Crippen molar-refractivity contribution in [2.75, 3.05) is 13.1 Å². The van der Waals surface area contributed by atoms with Crippen LogP contribution < -0.4 is 10.2 Å². The second-order valence-electron chi connectivity index (χ2n) is 5.21. The molecule has 0 aromatic carbocycles. The maximum absolute atomic E-state index is 11.8. The molecule has 0 aromatic heterocycles. The molecule has 0 spiro atoms. The molecule has 6 heteroatoms. The first kappa shape index (κ1) is 16.4. The monoisotopic (exact) mass is 315 g/mol. The average molecular weight is 317 g/mol. The molecule has 106 valence electrons. The number of rotatable bonds is 3. The van der Waals surface area contributed by atoms with Gasteiger partial charge in [0.2, 0.25) is 12.1 Å². The molecule has 1 aliphatic rings. The number of hydrogen-bond donors (Lipinski definition) is 2. The highest BCUT2D eigenvalue weighted by Gasteiger charge is 2.42. The standard InChI is InChI=1S/C12H21Cl3N2O/c1-9(2)10(18)16-11(12(13,14)15)17-7-5-3-4-6-8-17/h9,11H,3-8H2,1-2H3,(H,16,18)/p+1. The first-order chi connectivity index (χ1) is 8.32. The Hall–Kier alpha value is 0.300. The van der Waals surface area contributed by atoms with Gasteiger partial charge in [-0.25, -0.2) is 0 Å². The minimum Gasteiger partial charge on any atom is -0.312 e. The molecule has 1 rings (SSSR count). The van der Waals surface area contributed by atoms with Gasteiger partial charge in [0.05, 0.1) is 13.1 Å². The molecular formula is C12H22Cl3N2O+. The lowest BCUT2D eigenvalue weighted by molar-refractivity contribution is -0.926. The van der Waals surface area contributed by atoms with Crippen LogP contribution in [0.25, 0.3) is 0 Å². The number of amides is 1. The van der Waals surface area contributed by atoms with Gasteiger partial charge in [0.15, 0.2) is 0 Å². The molecule has 1 saturated heterocycles. The molecule has 1 aliphatic heterocycles. The van der Waals surface area contributed by atoms with Crippen LogP contribution in [0, 0.1) is 5.92 Å². The second-order valence-corrected chi connectivity index (χ2v) is 7.58. The van der Waals surface area contributed by atoms with Crippen molar-refractivity contribution in [3.05, 3.63) is 0 Å². The van der Waals surface area contributed by atoms with Crippen LogP contribution in [0.15, 0.2) is 0 Å². The zero-order valence-corrected chi connectivity index (χ0v) is 13.2. The predicted molar refractivity (Wildman–Crippen MR) is 76.2 cm³/mol. The van der Waals surface area contributed by atoms with E-state index in [1.807, 2.05) is 13.8 Å². The number of halogens is 3. The van der Waals surface area contributed by atoms with Gasteiger partial charge in [0, 0.05) is 5.92 Å². The highest BCUT2D eigenvalue weighted by atomic mass is 35.6. The maximum atomic E-state index is 11.8. The summed E-state index contributed by atoms with van der Waals surface area (Å²) in [4.78, 5) is 13.0. The van der Waals surface area contributed by atoms with Gasteiger partial charge in [-0.3, -0.25) is 4.79 Å². The third-order valence-corrected chi connectivity index (χ3v) is 3.95. The summed E-state index contributed by atoms with van der Waals surface area (Å²) in [6.45, 7) is 5.55. The topological polar surface area (TPSA) is 33.5 Å². The molecular weight excluding hydrogens is 295 g/mol. The lowest BCUT2D eigenvalue weighted by Crippen LogP contribution is -3.19. The zero-order chi connectivity index (χ0) is 13.8. The molecule has 1 heterocycles. The van der Waals surface area contributed by atoms with E-state index < -0.39 is 9.96 Å². The Morgan fingerprint density at radius 1 is 1.11 bits per heavy atom. The summed E-state index contributed by atoms with van der Waals surface area (Å²) in [5.74, 6) is -0.172. The van der Waals surface area contributed by atoms with Crippen LogP contribution in [-0.2, 0) is 4.79 Å². The number of carbonyl (C=O) groups excluding carboxylic acids is 1. The lowest BCUT2D eigenvalue weighted by Gasteiger charge is -2.33. The minimum absolute atomic E-state index is 0.0666. The van der Waals surface area contributed by atoms with Crippen LogP contribution in [0.2, 0.25) is 0 Å². The molecule has 0 radical (unpaired) electrons. The van der Waals surface area contributed by atoms with Crippen molar-refractivity contribution in [2.24, 2.45) is 5.92 Å². The van der Waals surface area contributed by atoms with E-state index in [0.29, 0.717) is 0 Å². The number of likely N-dealkylation sites (tertiary alicyclic amines) is 1. The van der Waals surface area contributed by atoms with E-state index in [9.17, 15) is 4.79 Å². The molecule has 0 saturated carbocycles. The smallest absolute Gasteiger partial charge is 0.262 e. The van der Waals surface area contributed by atoms with Crippen molar-refractivity contribution < 1.29 is 9.69 Å². The normalized spacial score (nSPS) is 20.6. The molecule has 3 nitrogen and oxygen atoms in total. The summed E-state index contributed by atoms with van der Waals surface area (Å²) >= 11 is 18.1. The van der Waals surface area contributed by atoms with Crippen LogP contribution in [0.5, 0.6) is 0 Å². The van der Waals surface area contributed by atoms with E-state index in [2.05, 4.69) is 5.32 Å². The van der Waals surface area contributed by atoms with Crippen molar-refractivity contribution in [2.45, 2.75) is 49.5 Å². The van der Waals surface area contributed by atoms with Gasteiger partial charge >= 0.3 is 0 Å². The highest BCUT2D eigenvalue weighted by molar-refractivity contribution is 6.68. The fraction of sp³-hybridized carbons (Fsp3) is 0.917. The van der Waals surface area contributed by atoms with E-state index in [4.69, 9.17) is 34.8 Å². The van der Waals surface area contributed by atoms with Gasteiger partial charge in [-0.2, -0.15) is 0 Å². The second kappa shape index (κ2) is 7.18. The SMILES string of the molecule is CC(C)C(=O)NC([NH+]1CCCCCC1)C(Cl)(Cl)Cl. The van der Waals surface area contributed by atoms with Crippen molar-refractivity contribution >= 4 is 40.7 Å². The lowest BCUT2D eigenvalue weighted by atomic mass is 10.2. The molecule has 0 bridgehead atoms. The van der Waals surface area contributed by atoms with Crippen molar-refractivity contribution in [3.63, 3.8) is 0 Å². The zero-order valence-electron chi connectivity index (χ0n) is 10.9. The minimum atomic E-state index is -1.47. The number of hydrogen-bond acceptors (Lipinski definition) is 1. The molecule has 18 heavy (non-hydrogen) atoms. The van der Waals surface area contributed by atoms with Crippen LogP contribution in [0.4, 0.5) is 0 Å². The molecule has 2 N–H and O–H groups in total. The summed E-state index contributed by atoms with van der Waals surface area (Å²) in [5, 5.41) is 2.88. The Bertz CT molecular complexity index is 271. The fourth-order valence-corrected chi connectivity index (χ4v) is 2.82. The van der Waals surface area contributed by atoms with E-state index in [1.165, 1.54) is 17.7 Å². The third kappa shape index (κ3) is 5.12. The van der Waals surface area contributed by atoms with Crippen molar-refractivity contribution in [1.82, 2.24) is 5.32 Å². The van der Waals surface area contributed by atoms with Crippen molar-refractivity contribution in [1.29, 1.82) is 0 Å². The Kier molecular flexibility index (Phi) is 6.52. The summed E-state index contributed by atoms with van der Waals surface area (Å²) in [6.07, 6.45) is 4.20. The molecule has 1 atom stereocenters. The largest absolute Gasteiger partial charge is 0.312 e. The highest BCUT2D eigenvalue weighted by Crippen LogP contribution is 2.28. The molecule has 1 amide bonds. The van der Waals surface area contributed by atoms with Crippen LogP contribution in [0.1, 0.15) is 39.5 Å². The molecule has 0 aromatic rings. The molecule has 1 unspecified atom stereocenters. The van der Waals surface area contributed by atoms with Crippen LogP contribution in [-0.4, -0.2) is 29.0 Å². The summed E-state index contributed by atoms with van der Waals surface area (Å²) in [5.41, 5.74) is 0. The Morgan fingerprint density at radius 2 is 1.61 bits per heavy atom. The Balaban J connectivity index is 2.74. The first-order valence-corrected chi connectivity index (χ1v) is 7.67. The summed E-state index contributed by atoms with van der Waals surface area (Å²) in [7, 11) is 0. The number of alkyl halides is 3. The van der Waals surface area contributed by atoms with Crippen LogP contribution in [0.3, 0.4) is 0 Å². The van der Waals surface area contributed by atoms with Crippen molar-refractivity contribution in [3.8, 4) is 0 Å². The van der Waals surface area contributed by atoms with E-state index in [0.717, 1.165) is 25.9 Å².